The molecule has 74 valence electrons. The van der Waals surface area contributed by atoms with Crippen LogP contribution in [0.2, 0.25) is 0 Å². The van der Waals surface area contributed by atoms with E-state index in [4.69, 9.17) is 0 Å². The molecule has 1 fully saturated rings. The Morgan fingerprint density at radius 1 is 1.43 bits per heavy atom. The molecular formula is C7H7N3O4. The Kier molecular flexibility index (Phi) is 1.73. The lowest BCUT2D eigenvalue weighted by molar-refractivity contribution is -0.134. The number of esters is 1. The quantitative estimate of drug-likeness (QED) is 0.366. The topological polar surface area (TPSA) is 96.9 Å². The Balaban J connectivity index is 2.28. The number of hydrazone groups is 1. The van der Waals surface area contributed by atoms with Gasteiger partial charge in [0.25, 0.3) is 5.91 Å². The molecule has 2 heterocycles. The van der Waals surface area contributed by atoms with Crippen molar-refractivity contribution in [1.82, 2.24) is 10.7 Å². The highest BCUT2D eigenvalue weighted by molar-refractivity contribution is 6.43. The van der Waals surface area contributed by atoms with E-state index in [9.17, 15) is 14.4 Å². The molecule has 0 aromatic carbocycles. The van der Waals surface area contributed by atoms with Gasteiger partial charge in [-0.25, -0.2) is 4.79 Å². The maximum absolute atomic E-state index is 11.2. The molecule has 2 unspecified atom stereocenters. The molecule has 2 rings (SSSR count). The summed E-state index contributed by atoms with van der Waals surface area (Å²) in [6, 6.07) is -0.767. The summed E-state index contributed by atoms with van der Waals surface area (Å²) in [6.45, 7) is 0. The van der Waals surface area contributed by atoms with E-state index in [-0.39, 0.29) is 5.71 Å². The fraction of sp³-hybridized carbons (Fsp3) is 0.429. The van der Waals surface area contributed by atoms with Crippen LogP contribution in [0.15, 0.2) is 5.10 Å². The highest BCUT2D eigenvalue weighted by atomic mass is 16.5. The maximum Gasteiger partial charge on any atom is 0.355 e. The molecule has 7 heteroatoms. The molecule has 2 N–H and O–H groups in total. The van der Waals surface area contributed by atoms with Gasteiger partial charge in [0.1, 0.15) is 12.0 Å². The maximum atomic E-state index is 11.2. The van der Waals surface area contributed by atoms with Crippen molar-refractivity contribution in [1.29, 1.82) is 0 Å². The van der Waals surface area contributed by atoms with E-state index in [1.54, 1.807) is 0 Å². The summed E-state index contributed by atoms with van der Waals surface area (Å²) in [5.41, 5.74) is 2.36. The van der Waals surface area contributed by atoms with E-state index in [0.29, 0.717) is 0 Å². The van der Waals surface area contributed by atoms with Crippen molar-refractivity contribution in [3.05, 3.63) is 0 Å². The average Bonchev–Trinajstić information content (AvgIpc) is 2.69. The van der Waals surface area contributed by atoms with Gasteiger partial charge in [-0.15, -0.1) is 0 Å². The van der Waals surface area contributed by atoms with E-state index in [1.807, 2.05) is 0 Å². The van der Waals surface area contributed by atoms with Crippen LogP contribution >= 0.6 is 0 Å². The van der Waals surface area contributed by atoms with Gasteiger partial charge in [-0.05, 0) is 0 Å². The molecule has 0 saturated carbocycles. The van der Waals surface area contributed by atoms with Gasteiger partial charge >= 0.3 is 5.97 Å². The number of carbonyl (C=O) groups excluding carboxylic acids is 3. The molecule has 2 aliphatic rings. The van der Waals surface area contributed by atoms with Gasteiger partial charge in [-0.3, -0.25) is 20.3 Å². The van der Waals surface area contributed by atoms with E-state index in [1.165, 1.54) is 7.11 Å². The molecule has 0 radical (unpaired) electrons. The fourth-order valence-electron chi connectivity index (χ4n) is 1.48. The molecule has 2 atom stereocenters. The molecule has 7 nitrogen and oxygen atoms in total. The van der Waals surface area contributed by atoms with Crippen LogP contribution in [0.25, 0.3) is 0 Å². The first kappa shape index (κ1) is 8.67. The van der Waals surface area contributed by atoms with Crippen molar-refractivity contribution in [2.45, 2.75) is 6.04 Å². The number of carbonyl (C=O) groups is 3. The van der Waals surface area contributed by atoms with E-state index < -0.39 is 29.7 Å². The second kappa shape index (κ2) is 2.79. The largest absolute Gasteiger partial charge is 0.464 e. The number of nitrogens with zero attached hydrogens (tertiary/aromatic N) is 1. The third-order valence-electron chi connectivity index (χ3n) is 2.16. The normalized spacial score (nSPS) is 29.1. The number of hydrogen-bond donors (Lipinski definition) is 2. The SMILES string of the molecule is COC(=O)C1=NNC2C(=O)NC(=O)C12. The van der Waals surface area contributed by atoms with Gasteiger partial charge in [-0.2, -0.15) is 5.10 Å². The summed E-state index contributed by atoms with van der Waals surface area (Å²) in [5, 5.41) is 5.70. The molecule has 0 aromatic heterocycles. The van der Waals surface area contributed by atoms with Crippen molar-refractivity contribution in [2.75, 3.05) is 7.11 Å². The Morgan fingerprint density at radius 2 is 2.14 bits per heavy atom. The van der Waals surface area contributed by atoms with Gasteiger partial charge in [0.2, 0.25) is 5.91 Å². The lowest BCUT2D eigenvalue weighted by Gasteiger charge is -2.03. The van der Waals surface area contributed by atoms with Crippen molar-refractivity contribution in [2.24, 2.45) is 11.0 Å². The highest BCUT2D eigenvalue weighted by Gasteiger charge is 2.50. The van der Waals surface area contributed by atoms with Gasteiger partial charge in [0, 0.05) is 0 Å². The molecule has 1 saturated heterocycles. The third kappa shape index (κ3) is 0.983. The van der Waals surface area contributed by atoms with Crippen LogP contribution in [0, 0.1) is 5.92 Å². The number of nitrogens with one attached hydrogen (secondary N) is 2. The van der Waals surface area contributed by atoms with Crippen molar-refractivity contribution in [3.63, 3.8) is 0 Å². The summed E-state index contributed by atoms with van der Waals surface area (Å²) in [5.74, 6) is -2.54. The van der Waals surface area contributed by atoms with E-state index >= 15 is 0 Å². The minimum atomic E-state index is -0.852. The van der Waals surface area contributed by atoms with E-state index in [2.05, 4.69) is 20.6 Å². The smallest absolute Gasteiger partial charge is 0.355 e. The van der Waals surface area contributed by atoms with Gasteiger partial charge < -0.3 is 4.74 Å². The number of imide groups is 1. The van der Waals surface area contributed by atoms with Crippen molar-refractivity contribution < 1.29 is 19.1 Å². The second-order valence-electron chi connectivity index (χ2n) is 2.93. The van der Waals surface area contributed by atoms with Crippen LogP contribution in [-0.2, 0) is 19.1 Å². The zero-order chi connectivity index (χ0) is 10.3. The third-order valence-corrected chi connectivity index (χ3v) is 2.16. The molecule has 0 bridgehead atoms. The standard InChI is InChI=1S/C7H7N3O4/c1-14-7(13)4-2-3(9-10-4)6(12)8-5(2)11/h2-3,9H,1H3,(H,8,11,12). The summed E-state index contributed by atoms with van der Waals surface area (Å²) < 4.78 is 4.42. The number of ether oxygens (including phenoxy) is 1. The van der Waals surface area contributed by atoms with Crippen LogP contribution < -0.4 is 10.7 Å². The first-order valence-electron chi connectivity index (χ1n) is 3.91. The lowest BCUT2D eigenvalue weighted by atomic mass is 9.99. The van der Waals surface area contributed by atoms with Crippen LogP contribution in [-0.4, -0.2) is 36.6 Å². The average molecular weight is 197 g/mol. The zero-order valence-corrected chi connectivity index (χ0v) is 7.23. The molecule has 2 aliphatic heterocycles. The predicted molar refractivity (Wildman–Crippen MR) is 43.0 cm³/mol. The van der Waals surface area contributed by atoms with Crippen LogP contribution in [0.5, 0.6) is 0 Å². The molecule has 0 aliphatic carbocycles. The Morgan fingerprint density at radius 3 is 2.79 bits per heavy atom. The molecular weight excluding hydrogens is 190 g/mol. The van der Waals surface area contributed by atoms with Crippen molar-refractivity contribution >= 4 is 23.5 Å². The molecule has 0 spiro atoms. The first-order chi connectivity index (χ1) is 6.65. The second-order valence-corrected chi connectivity index (χ2v) is 2.93. The minimum absolute atomic E-state index is 0.0548. The molecule has 0 aromatic rings. The zero-order valence-electron chi connectivity index (χ0n) is 7.23. The van der Waals surface area contributed by atoms with Gasteiger partial charge in [0.15, 0.2) is 5.71 Å². The number of rotatable bonds is 1. The highest BCUT2D eigenvalue weighted by Crippen LogP contribution is 2.19. The Labute approximate surface area is 78.5 Å². The fourth-order valence-corrected chi connectivity index (χ4v) is 1.48. The number of methoxy groups -OCH3 is 1. The lowest BCUT2D eigenvalue weighted by Crippen LogP contribution is -2.34. The van der Waals surface area contributed by atoms with E-state index in [0.717, 1.165) is 0 Å². The minimum Gasteiger partial charge on any atom is -0.464 e. The number of amides is 2. The predicted octanol–water partition coefficient (Wildman–Crippen LogP) is -2.24. The number of hydrogen-bond acceptors (Lipinski definition) is 6. The summed E-state index contributed by atoms with van der Waals surface area (Å²) in [6.07, 6.45) is 0. The van der Waals surface area contributed by atoms with Gasteiger partial charge in [-0.1, -0.05) is 0 Å². The summed E-state index contributed by atoms with van der Waals surface area (Å²) in [4.78, 5) is 33.5. The van der Waals surface area contributed by atoms with Crippen molar-refractivity contribution in [3.8, 4) is 0 Å². The Bertz CT molecular complexity index is 362. The Hall–Kier alpha value is -1.92. The molecule has 14 heavy (non-hydrogen) atoms. The van der Waals surface area contributed by atoms with Gasteiger partial charge in [0.05, 0.1) is 7.11 Å². The molecule has 2 amide bonds. The number of fused-ring (bicyclic) bond motifs is 1. The first-order valence-corrected chi connectivity index (χ1v) is 3.91. The monoisotopic (exact) mass is 197 g/mol. The van der Waals surface area contributed by atoms with Crippen LogP contribution in [0.4, 0.5) is 0 Å². The van der Waals surface area contributed by atoms with Crippen LogP contribution in [0.1, 0.15) is 0 Å². The summed E-state index contributed by atoms with van der Waals surface area (Å²) in [7, 11) is 1.19. The van der Waals surface area contributed by atoms with Crippen LogP contribution in [0.3, 0.4) is 0 Å². The summed E-state index contributed by atoms with van der Waals surface area (Å²) >= 11 is 0.